The predicted octanol–water partition coefficient (Wildman–Crippen LogP) is 3.18. The summed E-state index contributed by atoms with van der Waals surface area (Å²) in [6.45, 7) is 3.67. The normalized spacial score (nSPS) is 12.8. The van der Waals surface area contributed by atoms with Crippen LogP contribution in [0.1, 0.15) is 6.92 Å². The molecule has 0 radical (unpaired) electrons. The van der Waals surface area contributed by atoms with Crippen LogP contribution in [0, 0.1) is 0 Å². The molecule has 2 aromatic rings. The fourth-order valence-corrected chi connectivity index (χ4v) is 2.21. The molecule has 1 heterocycles. The summed E-state index contributed by atoms with van der Waals surface area (Å²) in [7, 11) is 0. The number of para-hydroxylation sites is 1. The molecule has 0 bridgehead atoms. The number of nitrogens with two attached hydrogens (primary N) is 1. The number of ether oxygens (including phenoxy) is 3. The molecule has 0 spiro atoms. The van der Waals surface area contributed by atoms with E-state index in [0.29, 0.717) is 31.3 Å². The molecule has 0 saturated heterocycles. The van der Waals surface area contributed by atoms with E-state index in [2.05, 4.69) is 5.32 Å². The maximum atomic E-state index is 6.11. The van der Waals surface area contributed by atoms with E-state index in [4.69, 9.17) is 19.9 Å². The number of anilines is 3. The quantitative estimate of drug-likeness (QED) is 0.845. The number of nitrogens with one attached hydrogen (secondary N) is 1. The molecule has 0 aliphatic carbocycles. The predicted molar refractivity (Wildman–Crippen MR) is 82.7 cm³/mol. The van der Waals surface area contributed by atoms with Gasteiger partial charge in [0.2, 0.25) is 0 Å². The average Bonchev–Trinajstić information content (AvgIpc) is 2.51. The first kappa shape index (κ1) is 13.4. The minimum Gasteiger partial charge on any atom is -0.492 e. The van der Waals surface area contributed by atoms with E-state index in [0.717, 1.165) is 22.9 Å². The maximum absolute atomic E-state index is 6.11. The van der Waals surface area contributed by atoms with Crippen molar-refractivity contribution < 1.29 is 14.2 Å². The molecule has 0 saturated carbocycles. The summed E-state index contributed by atoms with van der Waals surface area (Å²) < 4.78 is 16.6. The van der Waals surface area contributed by atoms with E-state index in [1.165, 1.54) is 0 Å². The molecule has 0 aromatic heterocycles. The van der Waals surface area contributed by atoms with Crippen molar-refractivity contribution in [3.8, 4) is 17.2 Å². The molecule has 1 aliphatic rings. The average molecular weight is 286 g/mol. The Balaban J connectivity index is 1.85. The van der Waals surface area contributed by atoms with Gasteiger partial charge in [-0.2, -0.15) is 0 Å². The molecule has 3 rings (SSSR count). The van der Waals surface area contributed by atoms with Crippen LogP contribution in [-0.4, -0.2) is 19.8 Å². The second-order valence-electron chi connectivity index (χ2n) is 4.63. The standard InChI is InChI=1S/C16H18N2O3/c1-2-19-14-5-3-4-12(16(14)17)18-11-6-7-13-15(10-11)21-9-8-20-13/h3-7,10,18H,2,8-9,17H2,1H3. The Morgan fingerprint density at radius 2 is 1.95 bits per heavy atom. The monoisotopic (exact) mass is 286 g/mol. The van der Waals surface area contributed by atoms with Gasteiger partial charge in [-0.15, -0.1) is 0 Å². The van der Waals surface area contributed by atoms with Gasteiger partial charge >= 0.3 is 0 Å². The summed E-state index contributed by atoms with van der Waals surface area (Å²) in [6.07, 6.45) is 0. The van der Waals surface area contributed by atoms with Crippen molar-refractivity contribution in [2.45, 2.75) is 6.92 Å². The zero-order chi connectivity index (χ0) is 14.7. The summed E-state index contributed by atoms with van der Waals surface area (Å²) in [4.78, 5) is 0. The molecule has 1 aliphatic heterocycles. The molecular formula is C16H18N2O3. The molecule has 0 atom stereocenters. The van der Waals surface area contributed by atoms with Crippen molar-refractivity contribution in [3.63, 3.8) is 0 Å². The zero-order valence-electron chi connectivity index (χ0n) is 11.9. The fraction of sp³-hybridized carbons (Fsp3) is 0.250. The Morgan fingerprint density at radius 1 is 1.14 bits per heavy atom. The highest BCUT2D eigenvalue weighted by molar-refractivity contribution is 5.78. The number of rotatable bonds is 4. The summed E-state index contributed by atoms with van der Waals surface area (Å²) in [5.41, 5.74) is 8.40. The van der Waals surface area contributed by atoms with Crippen molar-refractivity contribution in [1.82, 2.24) is 0 Å². The highest BCUT2D eigenvalue weighted by Gasteiger charge is 2.12. The molecular weight excluding hydrogens is 268 g/mol. The van der Waals surface area contributed by atoms with E-state index >= 15 is 0 Å². The summed E-state index contributed by atoms with van der Waals surface area (Å²) in [5, 5.41) is 3.28. The van der Waals surface area contributed by atoms with Crippen LogP contribution in [0.2, 0.25) is 0 Å². The smallest absolute Gasteiger partial charge is 0.163 e. The second-order valence-corrected chi connectivity index (χ2v) is 4.63. The lowest BCUT2D eigenvalue weighted by Gasteiger charge is -2.19. The van der Waals surface area contributed by atoms with Gasteiger partial charge in [0.25, 0.3) is 0 Å². The SMILES string of the molecule is CCOc1cccc(Nc2ccc3c(c2)OCCO3)c1N. The molecule has 110 valence electrons. The third kappa shape index (κ3) is 2.81. The second kappa shape index (κ2) is 5.83. The third-order valence-electron chi connectivity index (χ3n) is 3.19. The van der Waals surface area contributed by atoms with Gasteiger partial charge in [-0.25, -0.2) is 0 Å². The van der Waals surface area contributed by atoms with Crippen molar-refractivity contribution in [2.75, 3.05) is 30.9 Å². The van der Waals surface area contributed by atoms with Gasteiger partial charge in [-0.3, -0.25) is 0 Å². The highest BCUT2D eigenvalue weighted by atomic mass is 16.6. The first-order valence-corrected chi connectivity index (χ1v) is 6.96. The fourth-order valence-electron chi connectivity index (χ4n) is 2.21. The number of benzene rings is 2. The van der Waals surface area contributed by atoms with Crippen molar-refractivity contribution in [1.29, 1.82) is 0 Å². The van der Waals surface area contributed by atoms with Crippen LogP contribution in [0.3, 0.4) is 0 Å². The molecule has 5 nitrogen and oxygen atoms in total. The Bertz CT molecular complexity index is 643. The van der Waals surface area contributed by atoms with E-state index in [1.807, 2.05) is 43.3 Å². The lowest BCUT2D eigenvalue weighted by molar-refractivity contribution is 0.171. The number of hydrogen-bond donors (Lipinski definition) is 2. The van der Waals surface area contributed by atoms with Gasteiger partial charge in [-0.1, -0.05) is 6.07 Å². The van der Waals surface area contributed by atoms with Crippen LogP contribution in [0.4, 0.5) is 17.1 Å². The Morgan fingerprint density at radius 3 is 2.76 bits per heavy atom. The van der Waals surface area contributed by atoms with E-state index in [9.17, 15) is 0 Å². The van der Waals surface area contributed by atoms with E-state index < -0.39 is 0 Å². The Hall–Kier alpha value is -2.56. The molecule has 5 heteroatoms. The molecule has 2 aromatic carbocycles. The van der Waals surface area contributed by atoms with Crippen LogP contribution in [0.15, 0.2) is 36.4 Å². The van der Waals surface area contributed by atoms with Crippen LogP contribution >= 0.6 is 0 Å². The zero-order valence-corrected chi connectivity index (χ0v) is 11.9. The van der Waals surface area contributed by atoms with Gasteiger partial charge < -0.3 is 25.3 Å². The molecule has 0 fully saturated rings. The minimum absolute atomic E-state index is 0.568. The van der Waals surface area contributed by atoms with Crippen LogP contribution in [-0.2, 0) is 0 Å². The molecule has 21 heavy (non-hydrogen) atoms. The summed E-state index contributed by atoms with van der Waals surface area (Å²) in [5.74, 6) is 2.19. The lowest BCUT2D eigenvalue weighted by Crippen LogP contribution is -2.15. The topological polar surface area (TPSA) is 65.7 Å². The van der Waals surface area contributed by atoms with Gasteiger partial charge in [0.15, 0.2) is 11.5 Å². The molecule has 0 amide bonds. The lowest BCUT2D eigenvalue weighted by atomic mass is 10.2. The van der Waals surface area contributed by atoms with Crippen LogP contribution in [0.5, 0.6) is 17.2 Å². The van der Waals surface area contributed by atoms with Gasteiger partial charge in [-0.05, 0) is 31.2 Å². The molecule has 0 unspecified atom stereocenters. The van der Waals surface area contributed by atoms with E-state index in [1.54, 1.807) is 0 Å². The number of hydrogen-bond acceptors (Lipinski definition) is 5. The number of fused-ring (bicyclic) bond motifs is 1. The Labute approximate surface area is 123 Å². The Kier molecular flexibility index (Phi) is 3.73. The van der Waals surface area contributed by atoms with Gasteiger partial charge in [0.05, 0.1) is 18.0 Å². The largest absolute Gasteiger partial charge is 0.492 e. The van der Waals surface area contributed by atoms with E-state index in [-0.39, 0.29) is 0 Å². The highest BCUT2D eigenvalue weighted by Crippen LogP contribution is 2.36. The summed E-state index contributed by atoms with van der Waals surface area (Å²) in [6, 6.07) is 11.4. The third-order valence-corrected chi connectivity index (χ3v) is 3.19. The van der Waals surface area contributed by atoms with Gasteiger partial charge in [0.1, 0.15) is 19.0 Å². The first-order chi connectivity index (χ1) is 10.3. The van der Waals surface area contributed by atoms with Crippen LogP contribution in [0.25, 0.3) is 0 Å². The van der Waals surface area contributed by atoms with Crippen molar-refractivity contribution in [3.05, 3.63) is 36.4 Å². The first-order valence-electron chi connectivity index (χ1n) is 6.96. The molecule has 3 N–H and O–H groups in total. The van der Waals surface area contributed by atoms with Crippen LogP contribution < -0.4 is 25.3 Å². The number of nitrogen functional groups attached to an aromatic ring is 1. The van der Waals surface area contributed by atoms with Gasteiger partial charge in [0, 0.05) is 11.8 Å². The van der Waals surface area contributed by atoms with Crippen molar-refractivity contribution >= 4 is 17.1 Å². The maximum Gasteiger partial charge on any atom is 0.163 e. The van der Waals surface area contributed by atoms with Crippen molar-refractivity contribution in [2.24, 2.45) is 0 Å². The minimum atomic E-state index is 0.568. The summed E-state index contributed by atoms with van der Waals surface area (Å²) >= 11 is 0.